The minimum absolute atomic E-state index is 0.155. The van der Waals surface area contributed by atoms with Crippen LogP contribution in [0.1, 0.15) is 18.0 Å². The van der Waals surface area contributed by atoms with Gasteiger partial charge in [-0.15, -0.1) is 0 Å². The predicted molar refractivity (Wildman–Crippen MR) is 70.5 cm³/mol. The van der Waals surface area contributed by atoms with Crippen molar-refractivity contribution in [3.05, 3.63) is 29.8 Å². The number of methoxy groups -OCH3 is 1. The van der Waals surface area contributed by atoms with Gasteiger partial charge in [-0.05, 0) is 6.07 Å². The Kier molecular flexibility index (Phi) is 4.57. The van der Waals surface area contributed by atoms with E-state index >= 15 is 0 Å². The van der Waals surface area contributed by atoms with Crippen molar-refractivity contribution in [1.82, 2.24) is 4.90 Å². The number of carbonyl (C=O) groups is 2. The Morgan fingerprint density at radius 2 is 2.20 bits per heavy atom. The third-order valence-corrected chi connectivity index (χ3v) is 3.19. The molecule has 1 unspecified atom stereocenters. The lowest BCUT2D eigenvalue weighted by Gasteiger charge is -2.26. The Labute approximate surface area is 116 Å². The zero-order valence-electron chi connectivity index (χ0n) is 11.2. The van der Waals surface area contributed by atoms with E-state index in [9.17, 15) is 14.7 Å². The van der Waals surface area contributed by atoms with E-state index in [2.05, 4.69) is 0 Å². The maximum Gasteiger partial charge on any atom is 0.331 e. The van der Waals surface area contributed by atoms with Crippen molar-refractivity contribution in [1.29, 1.82) is 0 Å². The summed E-state index contributed by atoms with van der Waals surface area (Å²) in [6.07, 6.45) is 0.155. The Balaban J connectivity index is 2.32. The van der Waals surface area contributed by atoms with Crippen LogP contribution in [0.5, 0.6) is 5.75 Å². The molecule has 20 heavy (non-hydrogen) atoms. The molecule has 6 nitrogen and oxygen atoms in total. The summed E-state index contributed by atoms with van der Waals surface area (Å²) in [6, 6.07) is 5.89. The van der Waals surface area contributed by atoms with Gasteiger partial charge in [0.15, 0.2) is 6.04 Å². The number of para-hydroxylation sites is 1. The summed E-state index contributed by atoms with van der Waals surface area (Å²) in [5, 5.41) is 9.47. The number of carboxylic acids is 1. The zero-order chi connectivity index (χ0) is 14.5. The summed E-state index contributed by atoms with van der Waals surface area (Å²) in [6.45, 7) is 0.790. The summed E-state index contributed by atoms with van der Waals surface area (Å²) in [4.78, 5) is 25.1. The summed E-state index contributed by atoms with van der Waals surface area (Å²) in [5.74, 6) is -0.796. The number of aliphatic carboxylic acids is 1. The van der Waals surface area contributed by atoms with Crippen LogP contribution in [-0.4, -0.2) is 48.8 Å². The minimum Gasteiger partial charge on any atom is -0.491 e. The van der Waals surface area contributed by atoms with Crippen LogP contribution in [0, 0.1) is 0 Å². The molecule has 1 amide bonds. The molecule has 0 bridgehead atoms. The van der Waals surface area contributed by atoms with Crippen LogP contribution >= 0.6 is 0 Å². The topological polar surface area (TPSA) is 76.1 Å². The van der Waals surface area contributed by atoms with Crippen molar-refractivity contribution >= 4 is 11.9 Å². The Hall–Kier alpha value is -2.08. The summed E-state index contributed by atoms with van der Waals surface area (Å²) >= 11 is 0. The van der Waals surface area contributed by atoms with E-state index in [1.165, 1.54) is 12.0 Å². The number of rotatable bonds is 4. The molecule has 2 rings (SSSR count). The molecule has 0 saturated heterocycles. The summed E-state index contributed by atoms with van der Waals surface area (Å²) < 4.78 is 10.4. The van der Waals surface area contributed by atoms with Crippen molar-refractivity contribution in [3.63, 3.8) is 0 Å². The molecule has 1 aromatic carbocycles. The average Bonchev–Trinajstić information content (AvgIpc) is 2.63. The van der Waals surface area contributed by atoms with Gasteiger partial charge in [0.2, 0.25) is 5.91 Å². The molecule has 1 heterocycles. The Morgan fingerprint density at radius 3 is 2.90 bits per heavy atom. The Morgan fingerprint density at radius 1 is 1.45 bits per heavy atom. The molecule has 1 aliphatic heterocycles. The molecule has 0 aliphatic carbocycles. The lowest BCUT2D eigenvalue weighted by atomic mass is 10.0. The summed E-state index contributed by atoms with van der Waals surface area (Å²) in [7, 11) is 1.50. The molecule has 108 valence electrons. The molecule has 0 radical (unpaired) electrons. The second kappa shape index (κ2) is 6.38. The van der Waals surface area contributed by atoms with Crippen LogP contribution in [0.15, 0.2) is 24.3 Å². The van der Waals surface area contributed by atoms with Gasteiger partial charge < -0.3 is 19.5 Å². The molecule has 0 spiro atoms. The highest BCUT2D eigenvalue weighted by atomic mass is 16.5. The van der Waals surface area contributed by atoms with Crippen LogP contribution < -0.4 is 4.74 Å². The van der Waals surface area contributed by atoms with Crippen molar-refractivity contribution in [2.75, 3.05) is 26.9 Å². The van der Waals surface area contributed by atoms with Gasteiger partial charge in [-0.2, -0.15) is 0 Å². The average molecular weight is 279 g/mol. The highest BCUT2D eigenvalue weighted by Gasteiger charge is 2.34. The molecule has 1 N–H and O–H groups in total. The fourth-order valence-corrected chi connectivity index (χ4v) is 2.26. The molecule has 1 aliphatic rings. The molecular formula is C14H17NO5. The first-order valence-electron chi connectivity index (χ1n) is 6.38. The zero-order valence-corrected chi connectivity index (χ0v) is 11.2. The third-order valence-electron chi connectivity index (χ3n) is 3.19. The van der Waals surface area contributed by atoms with Crippen LogP contribution in [0.25, 0.3) is 0 Å². The quantitative estimate of drug-likeness (QED) is 0.892. The molecule has 6 heteroatoms. The summed E-state index contributed by atoms with van der Waals surface area (Å²) in [5.41, 5.74) is 0.503. The second-order valence-corrected chi connectivity index (χ2v) is 4.46. The molecule has 1 atom stereocenters. The number of carbonyl (C=O) groups excluding carboxylic acids is 1. The third kappa shape index (κ3) is 2.91. The maximum absolute atomic E-state index is 12.2. The molecule has 0 saturated carbocycles. The first kappa shape index (κ1) is 14.3. The number of hydrogen-bond acceptors (Lipinski definition) is 4. The number of ether oxygens (including phenoxy) is 2. The number of benzene rings is 1. The first-order valence-corrected chi connectivity index (χ1v) is 6.38. The van der Waals surface area contributed by atoms with Gasteiger partial charge in [-0.3, -0.25) is 4.79 Å². The maximum atomic E-state index is 12.2. The normalized spacial score (nSPS) is 17.9. The van der Waals surface area contributed by atoms with E-state index in [0.717, 1.165) is 0 Å². The van der Waals surface area contributed by atoms with Crippen LogP contribution in [0.4, 0.5) is 0 Å². The molecule has 0 fully saturated rings. The van der Waals surface area contributed by atoms with Crippen molar-refractivity contribution in [2.24, 2.45) is 0 Å². The van der Waals surface area contributed by atoms with E-state index in [4.69, 9.17) is 9.47 Å². The van der Waals surface area contributed by atoms with E-state index in [1.54, 1.807) is 24.3 Å². The first-order chi connectivity index (χ1) is 9.65. The number of amides is 1. The number of hydrogen-bond donors (Lipinski definition) is 1. The van der Waals surface area contributed by atoms with Crippen LogP contribution in [0.3, 0.4) is 0 Å². The van der Waals surface area contributed by atoms with Crippen molar-refractivity contribution in [3.8, 4) is 5.75 Å². The number of nitrogens with zero attached hydrogens (tertiary/aromatic N) is 1. The SMILES string of the molecule is COCCC(=O)N1CCOc2ccccc2C1C(=O)O. The monoisotopic (exact) mass is 279 g/mol. The second-order valence-electron chi connectivity index (χ2n) is 4.46. The fraction of sp³-hybridized carbons (Fsp3) is 0.429. The molecule has 0 aromatic heterocycles. The van der Waals surface area contributed by atoms with Gasteiger partial charge in [-0.1, -0.05) is 18.2 Å². The molecular weight excluding hydrogens is 262 g/mol. The number of fused-ring (bicyclic) bond motifs is 1. The standard InChI is InChI=1S/C14H17NO5/c1-19-8-6-12(16)15-7-9-20-11-5-3-2-4-10(11)13(15)14(17)18/h2-5,13H,6-9H2,1H3,(H,17,18). The fourth-order valence-electron chi connectivity index (χ4n) is 2.26. The van der Waals surface area contributed by atoms with E-state index in [-0.39, 0.29) is 32.1 Å². The van der Waals surface area contributed by atoms with Gasteiger partial charge in [0, 0.05) is 12.7 Å². The minimum atomic E-state index is -1.06. The van der Waals surface area contributed by atoms with Gasteiger partial charge in [0.05, 0.1) is 19.6 Å². The number of carboxylic acid groups (broad SMARTS) is 1. The van der Waals surface area contributed by atoms with Crippen LogP contribution in [0.2, 0.25) is 0 Å². The van der Waals surface area contributed by atoms with E-state index in [0.29, 0.717) is 11.3 Å². The van der Waals surface area contributed by atoms with Crippen LogP contribution in [-0.2, 0) is 14.3 Å². The predicted octanol–water partition coefficient (Wildman–Crippen LogP) is 1.07. The lowest BCUT2D eigenvalue weighted by molar-refractivity contribution is -0.150. The Bertz CT molecular complexity index is 502. The molecule has 1 aromatic rings. The van der Waals surface area contributed by atoms with Gasteiger partial charge in [-0.25, -0.2) is 4.79 Å². The van der Waals surface area contributed by atoms with Gasteiger partial charge in [0.1, 0.15) is 12.4 Å². The van der Waals surface area contributed by atoms with E-state index in [1.807, 2.05) is 0 Å². The van der Waals surface area contributed by atoms with Crippen molar-refractivity contribution < 1.29 is 24.2 Å². The highest BCUT2D eigenvalue weighted by Crippen LogP contribution is 2.32. The van der Waals surface area contributed by atoms with Gasteiger partial charge in [0.25, 0.3) is 0 Å². The van der Waals surface area contributed by atoms with Crippen molar-refractivity contribution in [2.45, 2.75) is 12.5 Å². The van der Waals surface area contributed by atoms with E-state index < -0.39 is 12.0 Å². The largest absolute Gasteiger partial charge is 0.491 e. The highest BCUT2D eigenvalue weighted by molar-refractivity contribution is 5.85. The van der Waals surface area contributed by atoms with Gasteiger partial charge >= 0.3 is 5.97 Å². The lowest BCUT2D eigenvalue weighted by Crippen LogP contribution is -2.40. The smallest absolute Gasteiger partial charge is 0.331 e.